The molecule has 0 fully saturated rings. The van der Waals surface area contributed by atoms with Crippen LogP contribution in [0.3, 0.4) is 0 Å². The van der Waals surface area contributed by atoms with Gasteiger partial charge >= 0.3 is 0 Å². The number of rotatable bonds is 3. The molecule has 18 heavy (non-hydrogen) atoms. The number of amides is 1. The van der Waals surface area contributed by atoms with Gasteiger partial charge in [0.2, 0.25) is 0 Å². The van der Waals surface area contributed by atoms with E-state index in [2.05, 4.69) is 26.1 Å². The molecule has 0 aliphatic carbocycles. The summed E-state index contributed by atoms with van der Waals surface area (Å²) >= 11 is 6.12. The van der Waals surface area contributed by atoms with Gasteiger partial charge < -0.3 is 10.2 Å². The number of hydrogen-bond donors (Lipinski definition) is 1. The number of benzene rings is 1. The van der Waals surface area contributed by atoms with E-state index in [1.165, 1.54) is 0 Å². The van der Waals surface area contributed by atoms with Crippen LogP contribution in [0, 0.1) is 5.41 Å². The molecule has 0 saturated carbocycles. The Kier molecular flexibility index (Phi) is 4.63. The van der Waals surface area contributed by atoms with Crippen molar-refractivity contribution < 1.29 is 4.79 Å². The molecular weight excluding hydrogens is 248 g/mol. The lowest BCUT2D eigenvalue weighted by Gasteiger charge is -2.20. The number of carbonyl (C=O) groups excluding carboxylic acids is 1. The van der Waals surface area contributed by atoms with Crippen LogP contribution in [0.5, 0.6) is 0 Å². The van der Waals surface area contributed by atoms with Crippen molar-refractivity contribution in [2.75, 3.05) is 26.0 Å². The molecule has 0 saturated heterocycles. The van der Waals surface area contributed by atoms with E-state index in [9.17, 15) is 4.79 Å². The van der Waals surface area contributed by atoms with E-state index in [1.54, 1.807) is 37.2 Å². The smallest absolute Gasteiger partial charge is 0.253 e. The summed E-state index contributed by atoms with van der Waals surface area (Å²) in [7, 11) is 3.47. The lowest BCUT2D eigenvalue weighted by atomic mass is 9.97. The highest BCUT2D eigenvalue weighted by Crippen LogP contribution is 2.25. The molecular formula is C14H21ClN2O. The Morgan fingerprint density at radius 3 is 2.44 bits per heavy atom. The maximum Gasteiger partial charge on any atom is 0.253 e. The van der Waals surface area contributed by atoms with Gasteiger partial charge in [0.15, 0.2) is 0 Å². The molecule has 100 valence electrons. The monoisotopic (exact) mass is 268 g/mol. The Bertz CT molecular complexity index is 436. The second-order valence-electron chi connectivity index (χ2n) is 5.81. The van der Waals surface area contributed by atoms with E-state index in [4.69, 9.17) is 11.6 Å². The Morgan fingerprint density at radius 1 is 1.33 bits per heavy atom. The highest BCUT2D eigenvalue weighted by atomic mass is 35.5. The van der Waals surface area contributed by atoms with Gasteiger partial charge in [-0.15, -0.1) is 0 Å². The number of nitrogens with one attached hydrogen (secondary N) is 1. The van der Waals surface area contributed by atoms with Gasteiger partial charge in [0.25, 0.3) is 5.91 Å². The standard InChI is InChI=1S/C14H21ClN2O/c1-14(2,3)9-16-12-8-10(6-7-11(12)15)13(18)17(4)5/h6-8,16H,9H2,1-5H3. The van der Waals surface area contributed by atoms with Crippen molar-refractivity contribution in [2.45, 2.75) is 20.8 Å². The summed E-state index contributed by atoms with van der Waals surface area (Å²) in [6.07, 6.45) is 0. The third kappa shape index (κ3) is 4.22. The van der Waals surface area contributed by atoms with Crippen molar-refractivity contribution in [3.05, 3.63) is 28.8 Å². The molecule has 1 amide bonds. The molecule has 1 aromatic rings. The van der Waals surface area contributed by atoms with E-state index in [-0.39, 0.29) is 11.3 Å². The summed E-state index contributed by atoms with van der Waals surface area (Å²) in [5, 5.41) is 3.92. The number of hydrogen-bond acceptors (Lipinski definition) is 2. The van der Waals surface area contributed by atoms with Gasteiger partial charge in [0.1, 0.15) is 0 Å². The van der Waals surface area contributed by atoms with E-state index < -0.39 is 0 Å². The fourth-order valence-electron chi connectivity index (χ4n) is 1.41. The molecule has 0 radical (unpaired) electrons. The zero-order valence-electron chi connectivity index (χ0n) is 11.7. The second kappa shape index (κ2) is 5.61. The lowest BCUT2D eigenvalue weighted by Crippen LogP contribution is -2.22. The molecule has 3 nitrogen and oxygen atoms in total. The number of halogens is 1. The second-order valence-corrected chi connectivity index (χ2v) is 6.22. The lowest BCUT2D eigenvalue weighted by molar-refractivity contribution is 0.0827. The first kappa shape index (κ1) is 14.8. The Balaban J connectivity index is 2.91. The number of nitrogens with zero attached hydrogens (tertiary/aromatic N) is 1. The van der Waals surface area contributed by atoms with Crippen LogP contribution in [-0.2, 0) is 0 Å². The van der Waals surface area contributed by atoms with Crippen LogP contribution in [-0.4, -0.2) is 31.4 Å². The quantitative estimate of drug-likeness (QED) is 0.910. The van der Waals surface area contributed by atoms with Crippen LogP contribution in [0.2, 0.25) is 5.02 Å². The number of carbonyl (C=O) groups is 1. The van der Waals surface area contributed by atoms with Gasteiger partial charge in [-0.3, -0.25) is 4.79 Å². The minimum absolute atomic E-state index is 0.0227. The van der Waals surface area contributed by atoms with Gasteiger partial charge in [-0.25, -0.2) is 0 Å². The average molecular weight is 269 g/mol. The highest BCUT2D eigenvalue weighted by molar-refractivity contribution is 6.33. The van der Waals surface area contributed by atoms with Crippen LogP contribution in [0.4, 0.5) is 5.69 Å². The van der Waals surface area contributed by atoms with Crippen molar-refractivity contribution in [1.82, 2.24) is 4.90 Å². The van der Waals surface area contributed by atoms with Crippen molar-refractivity contribution >= 4 is 23.2 Å². The SMILES string of the molecule is CN(C)C(=O)c1ccc(Cl)c(NCC(C)(C)C)c1. The van der Waals surface area contributed by atoms with Crippen molar-refractivity contribution in [3.8, 4) is 0 Å². The van der Waals surface area contributed by atoms with E-state index in [0.717, 1.165) is 12.2 Å². The predicted molar refractivity (Wildman–Crippen MR) is 77.4 cm³/mol. The minimum atomic E-state index is -0.0227. The summed E-state index contributed by atoms with van der Waals surface area (Å²) in [5.41, 5.74) is 1.60. The Labute approximate surface area is 114 Å². The zero-order valence-corrected chi connectivity index (χ0v) is 12.4. The average Bonchev–Trinajstić information content (AvgIpc) is 2.25. The molecule has 0 unspecified atom stereocenters. The third-order valence-electron chi connectivity index (χ3n) is 2.43. The van der Waals surface area contributed by atoms with E-state index in [0.29, 0.717) is 10.6 Å². The summed E-state index contributed by atoms with van der Waals surface area (Å²) in [4.78, 5) is 13.4. The maximum atomic E-state index is 11.9. The Morgan fingerprint density at radius 2 is 1.94 bits per heavy atom. The van der Waals surface area contributed by atoms with Crippen LogP contribution >= 0.6 is 11.6 Å². The summed E-state index contributed by atoms with van der Waals surface area (Å²) in [5.74, 6) is -0.0227. The first-order valence-corrected chi connectivity index (χ1v) is 6.33. The van der Waals surface area contributed by atoms with E-state index >= 15 is 0 Å². The van der Waals surface area contributed by atoms with Gasteiger partial charge in [-0.2, -0.15) is 0 Å². The fraction of sp³-hybridized carbons (Fsp3) is 0.500. The maximum absolute atomic E-state index is 11.9. The molecule has 0 spiro atoms. The van der Waals surface area contributed by atoms with Crippen LogP contribution in [0.15, 0.2) is 18.2 Å². The fourth-order valence-corrected chi connectivity index (χ4v) is 1.60. The van der Waals surface area contributed by atoms with E-state index in [1.807, 2.05) is 0 Å². The first-order chi connectivity index (χ1) is 8.20. The molecule has 1 aromatic carbocycles. The first-order valence-electron chi connectivity index (χ1n) is 5.96. The molecule has 0 aromatic heterocycles. The van der Waals surface area contributed by atoms with Crippen LogP contribution in [0.25, 0.3) is 0 Å². The van der Waals surface area contributed by atoms with Crippen molar-refractivity contribution in [1.29, 1.82) is 0 Å². The normalized spacial score (nSPS) is 11.2. The molecule has 1 N–H and O–H groups in total. The van der Waals surface area contributed by atoms with Gasteiger partial charge in [-0.05, 0) is 23.6 Å². The molecule has 0 aliphatic rings. The highest BCUT2D eigenvalue weighted by Gasteiger charge is 2.13. The minimum Gasteiger partial charge on any atom is -0.383 e. The summed E-state index contributed by atoms with van der Waals surface area (Å²) in [6, 6.07) is 5.30. The van der Waals surface area contributed by atoms with Crippen molar-refractivity contribution in [3.63, 3.8) is 0 Å². The van der Waals surface area contributed by atoms with Crippen LogP contribution < -0.4 is 5.32 Å². The Hall–Kier alpha value is -1.22. The molecule has 1 rings (SSSR count). The summed E-state index contributed by atoms with van der Waals surface area (Å²) < 4.78 is 0. The molecule has 4 heteroatoms. The molecule has 0 heterocycles. The predicted octanol–water partition coefficient (Wildman–Crippen LogP) is 3.50. The van der Waals surface area contributed by atoms with Gasteiger partial charge in [0, 0.05) is 26.2 Å². The van der Waals surface area contributed by atoms with Crippen molar-refractivity contribution in [2.24, 2.45) is 5.41 Å². The summed E-state index contributed by atoms with van der Waals surface area (Å²) in [6.45, 7) is 7.22. The van der Waals surface area contributed by atoms with Crippen LogP contribution in [0.1, 0.15) is 31.1 Å². The largest absolute Gasteiger partial charge is 0.383 e. The zero-order chi connectivity index (χ0) is 13.9. The van der Waals surface area contributed by atoms with Gasteiger partial charge in [0.05, 0.1) is 10.7 Å². The van der Waals surface area contributed by atoms with Gasteiger partial charge in [-0.1, -0.05) is 32.4 Å². The third-order valence-corrected chi connectivity index (χ3v) is 2.76. The molecule has 0 bridgehead atoms. The molecule has 0 atom stereocenters. The number of anilines is 1. The topological polar surface area (TPSA) is 32.3 Å². The molecule has 0 aliphatic heterocycles.